The molecule has 0 aromatic carbocycles. The molecule has 0 aromatic heterocycles. The maximum atomic E-state index is 5.37. The summed E-state index contributed by atoms with van der Waals surface area (Å²) in [5, 5.41) is 0. The summed E-state index contributed by atoms with van der Waals surface area (Å²) in [5.74, 6) is 12.5. The van der Waals surface area contributed by atoms with Gasteiger partial charge in [0.2, 0.25) is 0 Å². The molecule has 0 saturated carbocycles. The average molecular weight is 358 g/mol. The van der Waals surface area contributed by atoms with E-state index in [4.69, 9.17) is 4.74 Å². The van der Waals surface area contributed by atoms with Crippen molar-refractivity contribution in [2.24, 2.45) is 0 Å². The van der Waals surface area contributed by atoms with Crippen LogP contribution < -0.4 is 0 Å². The van der Waals surface area contributed by atoms with Gasteiger partial charge in [0.15, 0.2) is 0 Å². The number of alkyl halides is 1. The summed E-state index contributed by atoms with van der Waals surface area (Å²) in [5.41, 5.74) is 0. The van der Waals surface area contributed by atoms with E-state index in [2.05, 4.69) is 59.8 Å². The highest BCUT2D eigenvalue weighted by Crippen LogP contribution is 2.00. The maximum absolute atomic E-state index is 5.37. The molecule has 0 radical (unpaired) electrons. The van der Waals surface area contributed by atoms with Gasteiger partial charge in [-0.05, 0) is 23.7 Å². The first kappa shape index (κ1) is 17.9. The zero-order valence-electron chi connectivity index (χ0n) is 11.7. The van der Waals surface area contributed by atoms with Crippen LogP contribution in [0.5, 0.6) is 0 Å². The van der Waals surface area contributed by atoms with Gasteiger partial charge in [-0.1, -0.05) is 55.1 Å². The number of halogens is 1. The Bertz CT molecular complexity index is 265. The fourth-order valence-corrected chi connectivity index (χ4v) is 1.85. The van der Waals surface area contributed by atoms with Gasteiger partial charge >= 0.3 is 6.71 Å². The summed E-state index contributed by atoms with van der Waals surface area (Å²) >= 11 is 2.42. The molecule has 100 valence electrons. The van der Waals surface area contributed by atoms with Crippen LogP contribution in [0.25, 0.3) is 0 Å². The molecule has 0 spiro atoms. The van der Waals surface area contributed by atoms with E-state index in [1.807, 2.05) is 0 Å². The lowest BCUT2D eigenvalue weighted by molar-refractivity contribution is 0.163. The first-order valence-corrected chi connectivity index (χ1v) is 8.44. The van der Waals surface area contributed by atoms with Crippen molar-refractivity contribution in [3.63, 3.8) is 0 Å². The van der Waals surface area contributed by atoms with Crippen LogP contribution in [0.1, 0.15) is 45.4 Å². The van der Waals surface area contributed by atoms with Crippen LogP contribution >= 0.6 is 22.6 Å². The van der Waals surface area contributed by atoms with E-state index in [9.17, 15) is 0 Å². The van der Waals surface area contributed by atoms with Crippen LogP contribution in [0.2, 0.25) is 6.82 Å². The van der Waals surface area contributed by atoms with Crippen LogP contribution in [0.4, 0.5) is 0 Å². The number of rotatable bonds is 8. The molecule has 1 nitrogen and oxygen atoms in total. The minimum atomic E-state index is 0.171. The molecule has 0 unspecified atom stereocenters. The Labute approximate surface area is 127 Å². The molecule has 0 rings (SSSR count). The average Bonchev–Trinajstić information content (AvgIpc) is 2.38. The third kappa shape index (κ3) is 13.9. The number of hydrogen-bond donors (Lipinski definition) is 0. The Morgan fingerprint density at radius 3 is 2.56 bits per heavy atom. The Morgan fingerprint density at radius 2 is 1.83 bits per heavy atom. The second kappa shape index (κ2) is 14.9. The van der Waals surface area contributed by atoms with Gasteiger partial charge in [0.1, 0.15) is 6.61 Å². The van der Waals surface area contributed by atoms with E-state index in [0.29, 0.717) is 6.61 Å². The molecule has 0 aromatic rings. The minimum Gasteiger partial charge on any atom is -0.369 e. The third-order valence-corrected chi connectivity index (χ3v) is 3.15. The Kier molecular flexibility index (Phi) is 14.8. The van der Waals surface area contributed by atoms with E-state index in [0.717, 1.165) is 19.4 Å². The monoisotopic (exact) mass is 358 g/mol. The number of ether oxygens (including phenoxy) is 1. The highest BCUT2D eigenvalue weighted by molar-refractivity contribution is 14.1. The standard InChI is InChI=1S/C15H24BIO/c1-3-4-14-18-15-10-12-16(2)11-8-6-5-7-9-13-17/h3-7,9,13-15H2,1-2H3. The SMILES string of the molecule is CCCCOCC#CB(C)C#CCCCCCI. The molecule has 18 heavy (non-hydrogen) atoms. The fourth-order valence-electron chi connectivity index (χ4n) is 1.31. The van der Waals surface area contributed by atoms with Gasteiger partial charge in [-0.3, -0.25) is 0 Å². The minimum absolute atomic E-state index is 0.171. The van der Waals surface area contributed by atoms with E-state index >= 15 is 0 Å². The lowest BCUT2D eigenvalue weighted by Crippen LogP contribution is -2.01. The van der Waals surface area contributed by atoms with Gasteiger partial charge in [0.05, 0.1) is 0 Å². The zero-order valence-corrected chi connectivity index (χ0v) is 13.9. The third-order valence-electron chi connectivity index (χ3n) is 2.39. The lowest BCUT2D eigenvalue weighted by Gasteiger charge is -1.95. The van der Waals surface area contributed by atoms with Crippen molar-refractivity contribution < 1.29 is 4.74 Å². The quantitative estimate of drug-likeness (QED) is 0.210. The first-order valence-electron chi connectivity index (χ1n) is 6.91. The lowest BCUT2D eigenvalue weighted by atomic mass is 9.54. The summed E-state index contributed by atoms with van der Waals surface area (Å²) in [6, 6.07) is 0. The van der Waals surface area contributed by atoms with Crippen molar-refractivity contribution in [3.8, 4) is 23.5 Å². The van der Waals surface area contributed by atoms with Crippen molar-refractivity contribution in [1.82, 2.24) is 0 Å². The van der Waals surface area contributed by atoms with Crippen LogP contribution in [-0.2, 0) is 4.74 Å². The smallest absolute Gasteiger partial charge is 0.312 e. The second-order valence-electron chi connectivity index (χ2n) is 4.27. The highest BCUT2D eigenvalue weighted by Gasteiger charge is 1.95. The van der Waals surface area contributed by atoms with Gasteiger partial charge in [-0.2, -0.15) is 0 Å². The molecular formula is C15H24BIO. The summed E-state index contributed by atoms with van der Waals surface area (Å²) in [7, 11) is 0. The second-order valence-corrected chi connectivity index (χ2v) is 5.35. The summed E-state index contributed by atoms with van der Waals surface area (Å²) in [6.07, 6.45) is 7.13. The molecule has 0 aliphatic rings. The van der Waals surface area contributed by atoms with Crippen LogP contribution in [-0.4, -0.2) is 24.4 Å². The molecule has 0 bridgehead atoms. The van der Waals surface area contributed by atoms with Gasteiger partial charge in [0.25, 0.3) is 0 Å². The highest BCUT2D eigenvalue weighted by atomic mass is 127. The number of unbranched alkanes of at least 4 members (excludes halogenated alkanes) is 4. The topological polar surface area (TPSA) is 9.23 Å². The predicted octanol–water partition coefficient (Wildman–Crippen LogP) is 4.01. The first-order chi connectivity index (χ1) is 8.81. The summed E-state index contributed by atoms with van der Waals surface area (Å²) in [4.78, 5) is 0. The summed E-state index contributed by atoms with van der Waals surface area (Å²) < 4.78 is 6.63. The fraction of sp³-hybridized carbons (Fsp3) is 0.733. The van der Waals surface area contributed by atoms with Crippen LogP contribution in [0.3, 0.4) is 0 Å². The van der Waals surface area contributed by atoms with Gasteiger partial charge < -0.3 is 4.74 Å². The van der Waals surface area contributed by atoms with E-state index in [1.165, 1.54) is 30.1 Å². The molecule has 0 amide bonds. The largest absolute Gasteiger partial charge is 0.369 e. The Morgan fingerprint density at radius 1 is 1.06 bits per heavy atom. The van der Waals surface area contributed by atoms with E-state index in [-0.39, 0.29) is 6.71 Å². The van der Waals surface area contributed by atoms with Crippen molar-refractivity contribution in [1.29, 1.82) is 0 Å². The molecule has 0 aliphatic heterocycles. The van der Waals surface area contributed by atoms with Crippen molar-refractivity contribution in [2.75, 3.05) is 17.6 Å². The van der Waals surface area contributed by atoms with Crippen LogP contribution in [0, 0.1) is 23.5 Å². The predicted molar refractivity (Wildman–Crippen MR) is 90.3 cm³/mol. The van der Waals surface area contributed by atoms with E-state index < -0.39 is 0 Å². The van der Waals surface area contributed by atoms with Gasteiger partial charge in [0, 0.05) is 13.0 Å². The number of hydrogen-bond acceptors (Lipinski definition) is 1. The Balaban J connectivity index is 3.53. The van der Waals surface area contributed by atoms with Crippen molar-refractivity contribution in [3.05, 3.63) is 0 Å². The van der Waals surface area contributed by atoms with Crippen molar-refractivity contribution >= 4 is 29.3 Å². The molecule has 0 aliphatic carbocycles. The normalized spacial score (nSPS) is 9.06. The van der Waals surface area contributed by atoms with E-state index in [1.54, 1.807) is 0 Å². The summed E-state index contributed by atoms with van der Waals surface area (Å²) in [6.45, 7) is 5.75. The molecule has 0 atom stereocenters. The Hall–Kier alpha value is -0.125. The maximum Gasteiger partial charge on any atom is 0.312 e. The van der Waals surface area contributed by atoms with Gasteiger partial charge in [-0.15, -0.1) is 17.6 Å². The van der Waals surface area contributed by atoms with Crippen molar-refractivity contribution in [2.45, 2.75) is 52.3 Å². The zero-order chi connectivity index (χ0) is 13.5. The molecule has 0 heterocycles. The molecule has 3 heteroatoms. The molecule has 0 saturated heterocycles. The van der Waals surface area contributed by atoms with Crippen LogP contribution in [0.15, 0.2) is 0 Å². The van der Waals surface area contributed by atoms with Gasteiger partial charge in [-0.25, -0.2) is 0 Å². The molecule has 0 N–H and O–H groups in total. The molecule has 0 fully saturated rings. The molecular weight excluding hydrogens is 334 g/mol.